The molecule has 14 heavy (non-hydrogen) atoms. The van der Waals surface area contributed by atoms with Gasteiger partial charge >= 0.3 is 5.97 Å². The first-order valence-corrected chi connectivity index (χ1v) is 4.76. The molecule has 78 valence electrons. The highest BCUT2D eigenvalue weighted by Gasteiger charge is 2.19. The van der Waals surface area contributed by atoms with Crippen molar-refractivity contribution in [2.45, 2.75) is 40.2 Å². The zero-order valence-electron chi connectivity index (χ0n) is 9.03. The Labute approximate surface area is 83.5 Å². The van der Waals surface area contributed by atoms with E-state index in [4.69, 9.17) is 5.11 Å². The highest BCUT2D eigenvalue weighted by Crippen LogP contribution is 2.17. The number of hydrogen-bond donors (Lipinski definition) is 1. The molecule has 0 amide bonds. The van der Waals surface area contributed by atoms with Crippen molar-refractivity contribution in [3.05, 3.63) is 17.0 Å². The van der Waals surface area contributed by atoms with Crippen LogP contribution in [0.15, 0.2) is 0 Å². The number of hydrogen-bond acceptors (Lipinski definition) is 2. The van der Waals surface area contributed by atoms with Crippen LogP contribution in [0.1, 0.15) is 36.8 Å². The summed E-state index contributed by atoms with van der Waals surface area (Å²) in [4.78, 5) is 10.8. The summed E-state index contributed by atoms with van der Waals surface area (Å²) in [5, 5.41) is 13.1. The van der Waals surface area contributed by atoms with Gasteiger partial charge in [-0.15, -0.1) is 0 Å². The summed E-state index contributed by atoms with van der Waals surface area (Å²) in [7, 11) is 0. The molecule has 1 aromatic heterocycles. The Morgan fingerprint density at radius 3 is 2.50 bits per heavy atom. The summed E-state index contributed by atoms with van der Waals surface area (Å²) in [6, 6.07) is -0.589. The van der Waals surface area contributed by atoms with Crippen LogP contribution in [-0.4, -0.2) is 20.9 Å². The third-order valence-electron chi connectivity index (χ3n) is 2.55. The molecule has 0 aromatic carbocycles. The van der Waals surface area contributed by atoms with Crippen molar-refractivity contribution in [1.82, 2.24) is 9.78 Å². The van der Waals surface area contributed by atoms with Gasteiger partial charge in [0, 0.05) is 5.69 Å². The Morgan fingerprint density at radius 2 is 2.14 bits per heavy atom. The van der Waals surface area contributed by atoms with E-state index in [2.05, 4.69) is 5.10 Å². The second kappa shape index (κ2) is 3.82. The number of aliphatic carboxylic acids is 1. The molecule has 0 saturated carbocycles. The van der Waals surface area contributed by atoms with Crippen molar-refractivity contribution in [2.24, 2.45) is 0 Å². The average Bonchev–Trinajstić information content (AvgIpc) is 2.40. The standard InChI is InChI=1S/C10H16N2O2/c1-5-9-6(2)11-12(7(9)3)8(4)10(13)14/h8H,5H2,1-4H3,(H,13,14). The van der Waals surface area contributed by atoms with E-state index < -0.39 is 12.0 Å². The van der Waals surface area contributed by atoms with E-state index in [-0.39, 0.29) is 0 Å². The fourth-order valence-electron chi connectivity index (χ4n) is 1.69. The predicted molar refractivity (Wildman–Crippen MR) is 53.4 cm³/mol. The van der Waals surface area contributed by atoms with Crippen LogP contribution in [0.4, 0.5) is 0 Å². The molecule has 1 heterocycles. The zero-order valence-corrected chi connectivity index (χ0v) is 9.03. The molecule has 0 radical (unpaired) electrons. The molecule has 0 saturated heterocycles. The lowest BCUT2D eigenvalue weighted by Gasteiger charge is -2.09. The number of aryl methyl sites for hydroxylation is 1. The van der Waals surface area contributed by atoms with Gasteiger partial charge in [0.15, 0.2) is 0 Å². The quantitative estimate of drug-likeness (QED) is 0.800. The Hall–Kier alpha value is -1.32. The van der Waals surface area contributed by atoms with Gasteiger partial charge in [0.2, 0.25) is 0 Å². The van der Waals surface area contributed by atoms with Crippen molar-refractivity contribution in [2.75, 3.05) is 0 Å². The molecule has 0 aliphatic rings. The normalized spacial score (nSPS) is 12.9. The van der Waals surface area contributed by atoms with Crippen LogP contribution in [0.25, 0.3) is 0 Å². The Morgan fingerprint density at radius 1 is 1.57 bits per heavy atom. The largest absolute Gasteiger partial charge is 0.480 e. The zero-order chi connectivity index (χ0) is 10.9. The maximum absolute atomic E-state index is 10.8. The number of rotatable bonds is 3. The van der Waals surface area contributed by atoms with Gasteiger partial charge in [-0.3, -0.25) is 4.68 Å². The SMILES string of the molecule is CCc1c(C)nn(C(C)C(=O)O)c1C. The molecule has 1 atom stereocenters. The van der Waals surface area contributed by atoms with Gasteiger partial charge in [-0.25, -0.2) is 4.79 Å². The molecular formula is C10H16N2O2. The first-order valence-electron chi connectivity index (χ1n) is 4.76. The molecule has 0 aliphatic heterocycles. The van der Waals surface area contributed by atoms with E-state index in [0.29, 0.717) is 0 Å². The molecule has 0 aliphatic carbocycles. The molecule has 1 unspecified atom stereocenters. The molecule has 0 bridgehead atoms. The Kier molecular flexibility index (Phi) is 2.93. The van der Waals surface area contributed by atoms with Crippen molar-refractivity contribution in [3.8, 4) is 0 Å². The van der Waals surface area contributed by atoms with Gasteiger partial charge in [0.1, 0.15) is 6.04 Å². The summed E-state index contributed by atoms with van der Waals surface area (Å²) >= 11 is 0. The smallest absolute Gasteiger partial charge is 0.328 e. The summed E-state index contributed by atoms with van der Waals surface area (Å²) in [6.45, 7) is 7.52. The van der Waals surface area contributed by atoms with E-state index in [1.54, 1.807) is 11.6 Å². The topological polar surface area (TPSA) is 55.1 Å². The summed E-state index contributed by atoms with van der Waals surface area (Å²) in [5.74, 6) is -0.849. The predicted octanol–water partition coefficient (Wildman–Crippen LogP) is 1.71. The average molecular weight is 196 g/mol. The van der Waals surface area contributed by atoms with E-state index in [0.717, 1.165) is 23.4 Å². The Balaban J connectivity index is 3.17. The highest BCUT2D eigenvalue weighted by molar-refractivity contribution is 5.71. The van der Waals surface area contributed by atoms with Crippen LogP contribution in [0, 0.1) is 13.8 Å². The molecule has 4 nitrogen and oxygen atoms in total. The van der Waals surface area contributed by atoms with Crippen LogP contribution in [0.2, 0.25) is 0 Å². The van der Waals surface area contributed by atoms with E-state index >= 15 is 0 Å². The fourth-order valence-corrected chi connectivity index (χ4v) is 1.69. The second-order valence-corrected chi connectivity index (χ2v) is 3.46. The van der Waals surface area contributed by atoms with Crippen molar-refractivity contribution in [3.63, 3.8) is 0 Å². The van der Waals surface area contributed by atoms with Gasteiger partial charge in [0.05, 0.1) is 5.69 Å². The minimum absolute atomic E-state index is 0.589. The van der Waals surface area contributed by atoms with Crippen molar-refractivity contribution >= 4 is 5.97 Å². The molecule has 4 heteroatoms. The van der Waals surface area contributed by atoms with Crippen LogP contribution in [0.5, 0.6) is 0 Å². The number of carbonyl (C=O) groups is 1. The van der Waals surface area contributed by atoms with Gasteiger partial charge in [0.25, 0.3) is 0 Å². The van der Waals surface area contributed by atoms with Gasteiger partial charge in [-0.2, -0.15) is 5.10 Å². The van der Waals surface area contributed by atoms with Crippen LogP contribution in [0.3, 0.4) is 0 Å². The van der Waals surface area contributed by atoms with Gasteiger partial charge < -0.3 is 5.11 Å². The van der Waals surface area contributed by atoms with Gasteiger partial charge in [-0.1, -0.05) is 6.92 Å². The third-order valence-corrected chi connectivity index (χ3v) is 2.55. The minimum atomic E-state index is -0.849. The van der Waals surface area contributed by atoms with E-state index in [1.807, 2.05) is 20.8 Å². The number of aromatic nitrogens is 2. The van der Waals surface area contributed by atoms with Crippen molar-refractivity contribution < 1.29 is 9.90 Å². The Bertz CT molecular complexity index is 355. The van der Waals surface area contributed by atoms with Crippen molar-refractivity contribution in [1.29, 1.82) is 0 Å². The lowest BCUT2D eigenvalue weighted by molar-refractivity contribution is -0.140. The highest BCUT2D eigenvalue weighted by atomic mass is 16.4. The monoisotopic (exact) mass is 196 g/mol. The van der Waals surface area contributed by atoms with Crippen LogP contribution >= 0.6 is 0 Å². The van der Waals surface area contributed by atoms with E-state index in [9.17, 15) is 4.79 Å². The summed E-state index contributed by atoms with van der Waals surface area (Å²) in [5.41, 5.74) is 3.04. The molecule has 1 N–H and O–H groups in total. The van der Waals surface area contributed by atoms with E-state index in [1.165, 1.54) is 0 Å². The first kappa shape index (κ1) is 10.8. The summed E-state index contributed by atoms with van der Waals surface area (Å²) in [6.07, 6.45) is 0.893. The van der Waals surface area contributed by atoms with Crippen LogP contribution < -0.4 is 0 Å². The maximum atomic E-state index is 10.8. The lowest BCUT2D eigenvalue weighted by Crippen LogP contribution is -2.18. The first-order chi connectivity index (χ1) is 6.49. The fraction of sp³-hybridized carbons (Fsp3) is 0.600. The summed E-state index contributed by atoms with van der Waals surface area (Å²) < 4.78 is 1.58. The minimum Gasteiger partial charge on any atom is -0.480 e. The molecule has 1 rings (SSSR count). The number of nitrogens with zero attached hydrogens (tertiary/aromatic N) is 2. The maximum Gasteiger partial charge on any atom is 0.328 e. The number of carboxylic acid groups (broad SMARTS) is 1. The molecule has 0 spiro atoms. The van der Waals surface area contributed by atoms with Gasteiger partial charge in [-0.05, 0) is 32.8 Å². The molecule has 0 fully saturated rings. The number of carboxylic acids is 1. The third kappa shape index (κ3) is 1.64. The lowest BCUT2D eigenvalue weighted by atomic mass is 10.1. The molecule has 1 aromatic rings. The second-order valence-electron chi connectivity index (χ2n) is 3.46. The molecular weight excluding hydrogens is 180 g/mol. The van der Waals surface area contributed by atoms with Crippen LogP contribution in [-0.2, 0) is 11.2 Å².